The van der Waals surface area contributed by atoms with Crippen molar-refractivity contribution >= 4 is 17.3 Å². The van der Waals surface area contributed by atoms with Crippen LogP contribution in [-0.2, 0) is 0 Å². The predicted molar refractivity (Wildman–Crippen MR) is 94.1 cm³/mol. The van der Waals surface area contributed by atoms with Gasteiger partial charge in [0.05, 0.1) is 11.2 Å². The molecule has 3 rings (SSSR count). The molecule has 0 bridgehead atoms. The lowest BCUT2D eigenvalue weighted by atomic mass is 10.1. The first kappa shape index (κ1) is 22.1. The number of nitrogens with one attached hydrogen (secondary N) is 2. The Morgan fingerprint density at radius 2 is 1.71 bits per heavy atom. The van der Waals surface area contributed by atoms with Crippen molar-refractivity contribution in [3.63, 3.8) is 0 Å². The van der Waals surface area contributed by atoms with Crippen LogP contribution in [0.5, 0.6) is 0 Å². The number of halogens is 6. The molecule has 2 N–H and O–H groups in total. The Bertz CT molecular complexity index is 1090. The van der Waals surface area contributed by atoms with Crippen molar-refractivity contribution in [2.45, 2.75) is 18.4 Å². The highest BCUT2D eigenvalue weighted by atomic mass is 19.4. The van der Waals surface area contributed by atoms with Gasteiger partial charge in [0, 0.05) is 12.4 Å². The number of nitrogens with zero attached hydrogens (tertiary/aromatic N) is 3. The zero-order valence-corrected chi connectivity index (χ0v) is 15.3. The molecule has 7 nitrogen and oxygen atoms in total. The SMILES string of the molecule is O=C(NC(c1ccccn1)C(F)(F)F)c1nc(C(=O)NCC(F)(F)F)n2ccccc12. The lowest BCUT2D eigenvalue weighted by Crippen LogP contribution is -2.39. The van der Waals surface area contributed by atoms with Crippen molar-refractivity contribution in [3.8, 4) is 0 Å². The number of imidazole rings is 1. The molecule has 3 aromatic rings. The zero-order chi connectivity index (χ0) is 22.8. The first-order valence-corrected chi connectivity index (χ1v) is 8.58. The van der Waals surface area contributed by atoms with Crippen LogP contribution in [0.1, 0.15) is 32.8 Å². The van der Waals surface area contributed by atoms with Crippen LogP contribution in [0.2, 0.25) is 0 Å². The molecule has 0 saturated heterocycles. The Balaban J connectivity index is 1.95. The number of amides is 2. The molecule has 2 amide bonds. The van der Waals surface area contributed by atoms with Gasteiger partial charge in [-0.15, -0.1) is 0 Å². The average Bonchev–Trinajstić information content (AvgIpc) is 3.09. The molecule has 0 aliphatic carbocycles. The van der Waals surface area contributed by atoms with Crippen molar-refractivity contribution in [1.82, 2.24) is 25.0 Å². The lowest BCUT2D eigenvalue weighted by molar-refractivity contribution is -0.156. The highest BCUT2D eigenvalue weighted by molar-refractivity contribution is 6.02. The summed E-state index contributed by atoms with van der Waals surface area (Å²) < 4.78 is 78.6. The van der Waals surface area contributed by atoms with Crippen molar-refractivity contribution in [2.75, 3.05) is 6.54 Å². The maximum atomic E-state index is 13.5. The van der Waals surface area contributed by atoms with Gasteiger partial charge in [-0.25, -0.2) is 4.98 Å². The maximum Gasteiger partial charge on any atom is 0.414 e. The summed E-state index contributed by atoms with van der Waals surface area (Å²) in [5, 5.41) is 3.38. The number of hydrogen-bond donors (Lipinski definition) is 2. The summed E-state index contributed by atoms with van der Waals surface area (Å²) in [5.74, 6) is -3.13. The quantitative estimate of drug-likeness (QED) is 0.591. The Kier molecular flexibility index (Phi) is 5.86. The molecule has 0 aliphatic heterocycles. The monoisotopic (exact) mass is 445 g/mol. The number of carbonyl (C=O) groups excluding carboxylic acids is 2. The van der Waals surface area contributed by atoms with E-state index in [0.717, 1.165) is 16.7 Å². The summed E-state index contributed by atoms with van der Waals surface area (Å²) in [6.45, 7) is -1.65. The van der Waals surface area contributed by atoms with Crippen LogP contribution >= 0.6 is 0 Å². The Labute approximate surface area is 170 Å². The number of fused-ring (bicyclic) bond motifs is 1. The average molecular weight is 445 g/mol. The van der Waals surface area contributed by atoms with Crippen LogP contribution in [0.25, 0.3) is 5.52 Å². The summed E-state index contributed by atoms with van der Waals surface area (Å²) in [5.41, 5.74) is -1.11. The molecule has 31 heavy (non-hydrogen) atoms. The zero-order valence-electron chi connectivity index (χ0n) is 15.3. The van der Waals surface area contributed by atoms with E-state index in [2.05, 4.69) is 9.97 Å². The molecule has 3 heterocycles. The fraction of sp³-hybridized carbons (Fsp3) is 0.222. The van der Waals surface area contributed by atoms with Crippen LogP contribution in [0, 0.1) is 0 Å². The van der Waals surface area contributed by atoms with Gasteiger partial charge in [-0.05, 0) is 24.3 Å². The summed E-state index contributed by atoms with van der Waals surface area (Å²) in [6, 6.07) is 5.42. The van der Waals surface area contributed by atoms with E-state index in [0.29, 0.717) is 0 Å². The first-order chi connectivity index (χ1) is 14.5. The van der Waals surface area contributed by atoms with Gasteiger partial charge in [0.15, 0.2) is 11.7 Å². The first-order valence-electron chi connectivity index (χ1n) is 8.58. The fourth-order valence-electron chi connectivity index (χ4n) is 2.69. The van der Waals surface area contributed by atoms with E-state index in [1.807, 2.05) is 0 Å². The van der Waals surface area contributed by atoms with E-state index >= 15 is 0 Å². The standard InChI is InChI=1S/C18H13F6N5O2/c19-17(20,21)9-26-16(31)14-27-12(11-6-2-4-8-29(11)14)15(30)28-13(18(22,23)24)10-5-1-3-7-25-10/h1-8,13H,9H2,(H,26,31)(H,28,30). The van der Waals surface area contributed by atoms with Crippen molar-refractivity contribution in [1.29, 1.82) is 0 Å². The van der Waals surface area contributed by atoms with E-state index in [1.165, 1.54) is 36.5 Å². The molecule has 0 radical (unpaired) electrons. The van der Waals surface area contributed by atoms with Crippen LogP contribution < -0.4 is 10.6 Å². The third-order valence-electron chi connectivity index (χ3n) is 4.00. The summed E-state index contributed by atoms with van der Waals surface area (Å²) in [7, 11) is 0. The molecule has 164 valence electrons. The molecular weight excluding hydrogens is 432 g/mol. The summed E-state index contributed by atoms with van der Waals surface area (Å²) >= 11 is 0. The summed E-state index contributed by atoms with van der Waals surface area (Å²) in [6.07, 6.45) is -7.23. The molecule has 13 heteroatoms. The number of alkyl halides is 6. The molecule has 3 aromatic heterocycles. The molecule has 1 unspecified atom stereocenters. The third-order valence-corrected chi connectivity index (χ3v) is 4.00. The second kappa shape index (κ2) is 8.24. The van der Waals surface area contributed by atoms with E-state index in [9.17, 15) is 35.9 Å². The van der Waals surface area contributed by atoms with E-state index in [4.69, 9.17) is 0 Å². The molecular formula is C18H13F6N5O2. The molecule has 0 aromatic carbocycles. The van der Waals surface area contributed by atoms with Crippen LogP contribution in [0.3, 0.4) is 0 Å². The normalized spacial score (nSPS) is 13.1. The van der Waals surface area contributed by atoms with Crippen molar-refractivity contribution in [2.24, 2.45) is 0 Å². The second-order valence-electron chi connectivity index (χ2n) is 6.24. The topological polar surface area (TPSA) is 88.4 Å². The van der Waals surface area contributed by atoms with Gasteiger partial charge in [-0.1, -0.05) is 12.1 Å². The summed E-state index contributed by atoms with van der Waals surface area (Å²) in [4.78, 5) is 32.1. The largest absolute Gasteiger partial charge is 0.414 e. The predicted octanol–water partition coefficient (Wildman–Crippen LogP) is 3.05. The number of hydrogen-bond acceptors (Lipinski definition) is 4. The van der Waals surface area contributed by atoms with Crippen LogP contribution in [0.15, 0.2) is 48.8 Å². The minimum atomic E-state index is -4.90. The highest BCUT2D eigenvalue weighted by Gasteiger charge is 2.43. The number of pyridine rings is 2. The Morgan fingerprint density at radius 3 is 2.32 bits per heavy atom. The number of carbonyl (C=O) groups is 2. The van der Waals surface area contributed by atoms with Gasteiger partial charge in [-0.2, -0.15) is 26.3 Å². The van der Waals surface area contributed by atoms with Gasteiger partial charge < -0.3 is 10.6 Å². The van der Waals surface area contributed by atoms with Gasteiger partial charge >= 0.3 is 12.4 Å². The molecule has 0 saturated carbocycles. The third kappa shape index (κ3) is 5.10. The van der Waals surface area contributed by atoms with Crippen LogP contribution in [0.4, 0.5) is 26.3 Å². The Hall–Kier alpha value is -3.64. The van der Waals surface area contributed by atoms with Gasteiger partial charge in [0.1, 0.15) is 6.54 Å². The Morgan fingerprint density at radius 1 is 1.00 bits per heavy atom. The molecule has 1 atom stereocenters. The van der Waals surface area contributed by atoms with Crippen LogP contribution in [-0.4, -0.2) is 45.1 Å². The minimum absolute atomic E-state index is 0.0703. The van der Waals surface area contributed by atoms with Crippen molar-refractivity contribution < 1.29 is 35.9 Å². The van der Waals surface area contributed by atoms with E-state index in [1.54, 1.807) is 10.6 Å². The minimum Gasteiger partial charge on any atom is -0.340 e. The fourth-order valence-corrected chi connectivity index (χ4v) is 2.69. The van der Waals surface area contributed by atoms with Crippen molar-refractivity contribution in [3.05, 3.63) is 66.0 Å². The smallest absolute Gasteiger partial charge is 0.340 e. The highest BCUT2D eigenvalue weighted by Crippen LogP contribution is 2.32. The maximum absolute atomic E-state index is 13.5. The number of aromatic nitrogens is 3. The van der Waals surface area contributed by atoms with Gasteiger partial charge in [0.2, 0.25) is 5.82 Å². The van der Waals surface area contributed by atoms with E-state index < -0.39 is 54.0 Å². The second-order valence-corrected chi connectivity index (χ2v) is 6.24. The number of rotatable bonds is 5. The lowest BCUT2D eigenvalue weighted by Gasteiger charge is -2.20. The molecule has 0 aliphatic rings. The van der Waals surface area contributed by atoms with Gasteiger partial charge in [0.25, 0.3) is 11.8 Å². The van der Waals surface area contributed by atoms with E-state index in [-0.39, 0.29) is 5.52 Å². The van der Waals surface area contributed by atoms with Gasteiger partial charge in [-0.3, -0.25) is 19.0 Å². The molecule has 0 fully saturated rings. The molecule has 0 spiro atoms.